The van der Waals surface area contributed by atoms with Crippen molar-refractivity contribution < 1.29 is 13.9 Å². The maximum atomic E-state index is 12.4. The molecule has 3 aromatic rings. The third kappa shape index (κ3) is 3.64. The lowest BCUT2D eigenvalue weighted by Gasteiger charge is -2.23. The van der Waals surface area contributed by atoms with Crippen molar-refractivity contribution in [1.29, 1.82) is 0 Å². The van der Waals surface area contributed by atoms with Crippen molar-refractivity contribution in [1.82, 2.24) is 14.6 Å². The molecule has 7 nitrogen and oxygen atoms in total. The van der Waals surface area contributed by atoms with Crippen LogP contribution in [0.15, 0.2) is 51.3 Å². The van der Waals surface area contributed by atoms with E-state index in [0.717, 1.165) is 52.9 Å². The van der Waals surface area contributed by atoms with E-state index in [9.17, 15) is 4.79 Å². The van der Waals surface area contributed by atoms with Crippen LogP contribution in [0.25, 0.3) is 16.8 Å². The fourth-order valence-electron chi connectivity index (χ4n) is 4.09. The second-order valence-electron chi connectivity index (χ2n) is 8.40. The average molecular weight is 447 g/mol. The van der Waals surface area contributed by atoms with E-state index in [1.807, 2.05) is 53.8 Å². The predicted octanol–water partition coefficient (Wildman–Crippen LogP) is 4.36. The summed E-state index contributed by atoms with van der Waals surface area (Å²) >= 11 is 1.40. The van der Waals surface area contributed by atoms with Crippen LogP contribution in [-0.2, 0) is 6.42 Å². The van der Waals surface area contributed by atoms with Gasteiger partial charge >= 0.3 is 0 Å². The van der Waals surface area contributed by atoms with Crippen LogP contribution in [-0.4, -0.2) is 41.1 Å². The zero-order valence-electron chi connectivity index (χ0n) is 17.6. The number of carbonyl (C=O) groups excluding carboxylic acids is 1. The van der Waals surface area contributed by atoms with Crippen LogP contribution in [0, 0.1) is 0 Å². The van der Waals surface area contributed by atoms with Gasteiger partial charge in [0.05, 0.1) is 23.7 Å². The molecule has 0 bridgehead atoms. The lowest BCUT2D eigenvalue weighted by Crippen LogP contribution is -2.26. The van der Waals surface area contributed by atoms with Gasteiger partial charge in [-0.25, -0.2) is 9.38 Å². The van der Waals surface area contributed by atoms with Crippen LogP contribution in [0.5, 0.6) is 5.75 Å². The monoisotopic (exact) mass is 446 g/mol. The van der Waals surface area contributed by atoms with E-state index < -0.39 is 0 Å². The van der Waals surface area contributed by atoms with Crippen molar-refractivity contribution in [3.05, 3.63) is 65.1 Å². The van der Waals surface area contributed by atoms with E-state index in [4.69, 9.17) is 14.1 Å². The Bertz CT molecular complexity index is 1280. The quantitative estimate of drug-likeness (QED) is 0.600. The number of fused-ring (bicyclic) bond motifs is 2. The van der Waals surface area contributed by atoms with E-state index in [-0.39, 0.29) is 11.8 Å². The maximum absolute atomic E-state index is 12.4. The molecule has 1 aromatic heterocycles. The van der Waals surface area contributed by atoms with Gasteiger partial charge in [-0.05, 0) is 61.2 Å². The number of aromatic nitrogens is 1. The lowest BCUT2D eigenvalue weighted by atomic mass is 9.95. The lowest BCUT2D eigenvalue weighted by molar-refractivity contribution is 0.0951. The number of oxazole rings is 1. The van der Waals surface area contributed by atoms with Crippen molar-refractivity contribution in [2.75, 3.05) is 13.7 Å². The number of nitrogens with one attached hydrogen (secondary N) is 1. The summed E-state index contributed by atoms with van der Waals surface area (Å²) in [5, 5.41) is 3.04. The first-order valence-electron chi connectivity index (χ1n) is 10.8. The van der Waals surface area contributed by atoms with Crippen molar-refractivity contribution in [3.8, 4) is 5.75 Å². The van der Waals surface area contributed by atoms with Crippen LogP contribution in [0.2, 0.25) is 0 Å². The third-order valence-electron chi connectivity index (χ3n) is 5.99. The second kappa shape index (κ2) is 7.70. The normalized spacial score (nSPS) is 20.0. The second-order valence-corrected chi connectivity index (χ2v) is 9.32. The molecular weight excluding hydrogens is 424 g/mol. The first-order valence-corrected chi connectivity index (χ1v) is 11.5. The van der Waals surface area contributed by atoms with E-state index >= 15 is 0 Å². The molecule has 2 aliphatic heterocycles. The molecule has 1 saturated carbocycles. The highest BCUT2D eigenvalue weighted by Gasteiger charge is 2.28. The molecule has 2 aromatic carbocycles. The van der Waals surface area contributed by atoms with Crippen LogP contribution in [0.4, 0.5) is 0 Å². The van der Waals surface area contributed by atoms with Crippen molar-refractivity contribution in [3.63, 3.8) is 0 Å². The third-order valence-corrected chi connectivity index (χ3v) is 6.65. The van der Waals surface area contributed by atoms with E-state index in [0.29, 0.717) is 24.1 Å². The summed E-state index contributed by atoms with van der Waals surface area (Å²) in [7, 11) is 1.99. The number of allylic oxidation sites excluding steroid dienone is 1. The molecule has 8 heteroatoms. The molecule has 3 aliphatic rings. The molecule has 3 heterocycles. The highest BCUT2D eigenvalue weighted by molar-refractivity contribution is 7.96. The number of hydrogen-bond acceptors (Lipinski definition) is 7. The minimum atomic E-state index is -0.0167. The molecule has 0 spiro atoms. The van der Waals surface area contributed by atoms with Crippen LogP contribution >= 0.6 is 12.1 Å². The maximum Gasteiger partial charge on any atom is 0.251 e. The predicted molar refractivity (Wildman–Crippen MR) is 125 cm³/mol. The van der Waals surface area contributed by atoms with Crippen LogP contribution in [0.1, 0.15) is 46.1 Å². The van der Waals surface area contributed by atoms with Crippen molar-refractivity contribution in [2.45, 2.75) is 31.2 Å². The van der Waals surface area contributed by atoms with Crippen LogP contribution in [0.3, 0.4) is 0 Å². The Morgan fingerprint density at radius 3 is 2.97 bits per heavy atom. The Labute approximate surface area is 189 Å². The Morgan fingerprint density at radius 2 is 2.12 bits per heavy atom. The Kier molecular flexibility index (Phi) is 4.68. The highest BCUT2D eigenvalue weighted by Crippen LogP contribution is 2.35. The van der Waals surface area contributed by atoms with Gasteiger partial charge in [0.2, 0.25) is 5.89 Å². The van der Waals surface area contributed by atoms with Gasteiger partial charge in [-0.2, -0.15) is 0 Å². The Hall–Kier alpha value is -3.26. The Balaban J connectivity index is 1.25. The Morgan fingerprint density at radius 1 is 1.22 bits per heavy atom. The molecular formula is C24H22N4O3S. The van der Waals surface area contributed by atoms with Crippen LogP contribution < -0.4 is 10.1 Å². The summed E-state index contributed by atoms with van der Waals surface area (Å²) in [4.78, 5) is 17.2. The molecule has 6 rings (SSSR count). The molecule has 1 amide bonds. The van der Waals surface area contributed by atoms with Gasteiger partial charge in [-0.15, -0.1) is 0 Å². The van der Waals surface area contributed by atoms with E-state index in [1.54, 1.807) is 6.21 Å². The standard InChI is InChI=1S/C24H22N4O3S/c1-28-20(8-9-25-32-28)14-2-6-19-22(12-14)31-24(27-19)17-11-16-10-15(3-7-21(16)30-13-17)23(29)26-18-4-5-18/h2-3,6-10,12,17-18H,4-5,11,13H2,1H3,(H,26,29). The summed E-state index contributed by atoms with van der Waals surface area (Å²) in [6.07, 6.45) is 6.65. The number of hydrogen-bond donors (Lipinski definition) is 1. The minimum absolute atomic E-state index is 0.000600. The summed E-state index contributed by atoms with van der Waals surface area (Å²) < 4.78 is 18.3. The molecule has 0 saturated heterocycles. The number of benzene rings is 2. The molecule has 1 unspecified atom stereocenters. The number of ether oxygens (including phenoxy) is 1. The zero-order valence-corrected chi connectivity index (χ0v) is 18.4. The fraction of sp³-hybridized carbons (Fsp3) is 0.292. The molecule has 0 radical (unpaired) electrons. The molecule has 1 atom stereocenters. The van der Waals surface area contributed by atoms with Gasteiger partial charge < -0.3 is 14.5 Å². The van der Waals surface area contributed by atoms with Crippen molar-refractivity contribution >= 4 is 41.1 Å². The number of nitrogens with zero attached hydrogens (tertiary/aromatic N) is 3. The van der Waals surface area contributed by atoms with E-state index in [1.165, 1.54) is 12.1 Å². The topological polar surface area (TPSA) is 80.0 Å². The van der Waals surface area contributed by atoms with Gasteiger partial charge in [0.1, 0.15) is 17.9 Å². The molecule has 1 aliphatic carbocycles. The molecule has 1 fully saturated rings. The van der Waals surface area contributed by atoms with Gasteiger partial charge in [0.25, 0.3) is 5.91 Å². The first-order chi connectivity index (χ1) is 15.6. The summed E-state index contributed by atoms with van der Waals surface area (Å²) in [5.74, 6) is 1.47. The van der Waals surface area contributed by atoms with E-state index in [2.05, 4.69) is 9.71 Å². The smallest absolute Gasteiger partial charge is 0.251 e. The molecule has 162 valence electrons. The van der Waals surface area contributed by atoms with Gasteiger partial charge in [0.15, 0.2) is 5.58 Å². The fourth-order valence-corrected chi connectivity index (χ4v) is 4.60. The summed E-state index contributed by atoms with van der Waals surface area (Å²) in [6.45, 7) is 0.501. The first kappa shape index (κ1) is 19.4. The number of rotatable bonds is 4. The highest BCUT2D eigenvalue weighted by atomic mass is 32.2. The van der Waals surface area contributed by atoms with Crippen molar-refractivity contribution in [2.24, 2.45) is 4.40 Å². The minimum Gasteiger partial charge on any atom is -0.492 e. The molecule has 1 N–H and O–H groups in total. The van der Waals surface area contributed by atoms with Gasteiger partial charge in [0, 0.05) is 30.4 Å². The van der Waals surface area contributed by atoms with Gasteiger partial charge in [-0.1, -0.05) is 6.07 Å². The average Bonchev–Trinajstić information content (AvgIpc) is 3.53. The zero-order chi connectivity index (χ0) is 21.7. The number of carbonyl (C=O) groups is 1. The van der Waals surface area contributed by atoms with Gasteiger partial charge in [-0.3, -0.25) is 9.10 Å². The summed E-state index contributed by atoms with van der Waals surface area (Å²) in [5.41, 5.74) is 5.39. The molecule has 32 heavy (non-hydrogen) atoms. The number of amides is 1. The largest absolute Gasteiger partial charge is 0.492 e. The SMILES string of the molecule is CN1SN=CC=C1c1ccc2nc(C3COc4ccc(C(=O)NC5CC5)cc4C3)oc2c1. The summed E-state index contributed by atoms with van der Waals surface area (Å²) in [6, 6.07) is 12.0.